The third-order valence-electron chi connectivity index (χ3n) is 2.77. The molecule has 112 valence electrons. The molecule has 0 aliphatic heterocycles. The summed E-state index contributed by atoms with van der Waals surface area (Å²) in [5, 5.41) is 0. The first-order chi connectivity index (χ1) is 9.35. The first-order valence-corrected chi connectivity index (χ1v) is 7.11. The van der Waals surface area contributed by atoms with Crippen molar-refractivity contribution in [2.45, 2.75) is 46.3 Å². The summed E-state index contributed by atoms with van der Waals surface area (Å²) in [4.78, 5) is 14.0. The highest BCUT2D eigenvalue weighted by Crippen LogP contribution is 2.16. The smallest absolute Gasteiger partial charge is 0.326 e. The maximum atomic E-state index is 12.0. The lowest BCUT2D eigenvalue weighted by Gasteiger charge is -2.26. The van der Waals surface area contributed by atoms with Crippen LogP contribution >= 0.6 is 0 Å². The standard InChI is InChI=1S/C16H26N2O2/c1-5-10-18(12-15(19)20-16(2,3)4)14-8-6-13(11-17)7-9-14/h6-9H,5,10-12,17H2,1-4H3. The minimum absolute atomic E-state index is 0.200. The molecule has 0 saturated carbocycles. The molecule has 0 aliphatic carbocycles. The molecule has 1 aromatic rings. The van der Waals surface area contributed by atoms with Crippen molar-refractivity contribution in [3.8, 4) is 0 Å². The Morgan fingerprint density at radius 1 is 1.25 bits per heavy atom. The van der Waals surface area contributed by atoms with E-state index in [4.69, 9.17) is 10.5 Å². The fourth-order valence-electron chi connectivity index (χ4n) is 1.94. The van der Waals surface area contributed by atoms with Gasteiger partial charge in [0.1, 0.15) is 12.1 Å². The fraction of sp³-hybridized carbons (Fsp3) is 0.562. The monoisotopic (exact) mass is 278 g/mol. The number of hydrogen-bond donors (Lipinski definition) is 1. The zero-order valence-electron chi connectivity index (χ0n) is 13.0. The summed E-state index contributed by atoms with van der Waals surface area (Å²) >= 11 is 0. The van der Waals surface area contributed by atoms with Gasteiger partial charge in [0.05, 0.1) is 0 Å². The van der Waals surface area contributed by atoms with Gasteiger partial charge in [-0.05, 0) is 44.9 Å². The molecule has 1 aromatic carbocycles. The number of benzene rings is 1. The van der Waals surface area contributed by atoms with Gasteiger partial charge in [-0.3, -0.25) is 4.79 Å². The van der Waals surface area contributed by atoms with Crippen LogP contribution in [0, 0.1) is 0 Å². The van der Waals surface area contributed by atoms with Crippen LogP contribution in [0.15, 0.2) is 24.3 Å². The summed E-state index contributed by atoms with van der Waals surface area (Å²) in [7, 11) is 0. The van der Waals surface area contributed by atoms with Gasteiger partial charge in [0.2, 0.25) is 0 Å². The summed E-state index contributed by atoms with van der Waals surface area (Å²) in [6.07, 6.45) is 0.974. The lowest BCUT2D eigenvalue weighted by atomic mass is 10.2. The molecule has 4 nitrogen and oxygen atoms in total. The number of carbonyl (C=O) groups is 1. The molecule has 0 atom stereocenters. The highest BCUT2D eigenvalue weighted by atomic mass is 16.6. The zero-order valence-corrected chi connectivity index (χ0v) is 13.0. The largest absolute Gasteiger partial charge is 0.459 e. The Kier molecular flexibility index (Phi) is 6.02. The molecular formula is C16H26N2O2. The molecule has 0 saturated heterocycles. The van der Waals surface area contributed by atoms with Crippen LogP contribution in [0.2, 0.25) is 0 Å². The predicted molar refractivity (Wildman–Crippen MR) is 82.7 cm³/mol. The number of nitrogens with zero attached hydrogens (tertiary/aromatic N) is 1. The van der Waals surface area contributed by atoms with E-state index in [-0.39, 0.29) is 12.5 Å². The van der Waals surface area contributed by atoms with E-state index in [1.807, 2.05) is 49.9 Å². The third kappa shape index (κ3) is 5.61. The zero-order chi connectivity index (χ0) is 15.2. The fourth-order valence-corrected chi connectivity index (χ4v) is 1.94. The molecule has 0 amide bonds. The summed E-state index contributed by atoms with van der Waals surface area (Å²) in [5.41, 5.74) is 7.26. The number of ether oxygens (including phenoxy) is 1. The van der Waals surface area contributed by atoms with Crippen molar-refractivity contribution < 1.29 is 9.53 Å². The Bertz CT molecular complexity index is 421. The van der Waals surface area contributed by atoms with Crippen molar-refractivity contribution in [3.63, 3.8) is 0 Å². The van der Waals surface area contributed by atoms with Crippen LogP contribution in [0.4, 0.5) is 5.69 Å². The SMILES string of the molecule is CCCN(CC(=O)OC(C)(C)C)c1ccc(CN)cc1. The molecule has 0 heterocycles. The number of anilines is 1. The number of rotatable bonds is 6. The molecule has 0 unspecified atom stereocenters. The Hall–Kier alpha value is -1.55. The van der Waals surface area contributed by atoms with Crippen molar-refractivity contribution in [2.75, 3.05) is 18.0 Å². The van der Waals surface area contributed by atoms with E-state index in [0.29, 0.717) is 6.54 Å². The third-order valence-corrected chi connectivity index (χ3v) is 2.77. The molecule has 0 spiro atoms. The quantitative estimate of drug-likeness (QED) is 0.813. The van der Waals surface area contributed by atoms with Crippen LogP contribution in [0.3, 0.4) is 0 Å². The minimum atomic E-state index is -0.446. The van der Waals surface area contributed by atoms with E-state index in [1.54, 1.807) is 0 Å². The lowest BCUT2D eigenvalue weighted by Crippen LogP contribution is -2.35. The highest BCUT2D eigenvalue weighted by molar-refractivity contribution is 5.76. The Morgan fingerprint density at radius 2 is 1.85 bits per heavy atom. The number of esters is 1. The summed E-state index contributed by atoms with van der Waals surface area (Å²) in [6, 6.07) is 7.99. The Morgan fingerprint density at radius 3 is 2.30 bits per heavy atom. The number of hydrogen-bond acceptors (Lipinski definition) is 4. The van der Waals surface area contributed by atoms with E-state index in [9.17, 15) is 4.79 Å². The number of carbonyl (C=O) groups excluding carboxylic acids is 1. The molecule has 0 fully saturated rings. The first kappa shape index (κ1) is 16.5. The van der Waals surface area contributed by atoms with Crippen molar-refractivity contribution in [1.82, 2.24) is 0 Å². The van der Waals surface area contributed by atoms with Crippen LogP contribution in [0.5, 0.6) is 0 Å². The summed E-state index contributed by atoms with van der Waals surface area (Å²) in [5.74, 6) is -0.200. The molecule has 0 aromatic heterocycles. The summed E-state index contributed by atoms with van der Waals surface area (Å²) < 4.78 is 5.38. The van der Waals surface area contributed by atoms with Crippen molar-refractivity contribution in [1.29, 1.82) is 0 Å². The Balaban J connectivity index is 2.74. The summed E-state index contributed by atoms with van der Waals surface area (Å²) in [6.45, 7) is 9.35. The van der Waals surface area contributed by atoms with E-state index in [1.165, 1.54) is 0 Å². The van der Waals surface area contributed by atoms with Crippen LogP contribution in [0.1, 0.15) is 39.7 Å². The minimum Gasteiger partial charge on any atom is -0.459 e. The average molecular weight is 278 g/mol. The Labute approximate surface area is 121 Å². The van der Waals surface area contributed by atoms with Crippen LogP contribution in [-0.4, -0.2) is 24.7 Å². The maximum absolute atomic E-state index is 12.0. The second-order valence-corrected chi connectivity index (χ2v) is 5.88. The second kappa shape index (κ2) is 7.29. The van der Waals surface area contributed by atoms with Gasteiger partial charge in [-0.1, -0.05) is 19.1 Å². The van der Waals surface area contributed by atoms with E-state index < -0.39 is 5.60 Å². The molecule has 0 bridgehead atoms. The van der Waals surface area contributed by atoms with Gasteiger partial charge in [-0.2, -0.15) is 0 Å². The molecule has 0 radical (unpaired) electrons. The van der Waals surface area contributed by atoms with Gasteiger partial charge in [0.15, 0.2) is 0 Å². The van der Waals surface area contributed by atoms with E-state index in [2.05, 4.69) is 6.92 Å². The van der Waals surface area contributed by atoms with Crippen LogP contribution in [0.25, 0.3) is 0 Å². The van der Waals surface area contributed by atoms with E-state index >= 15 is 0 Å². The van der Waals surface area contributed by atoms with Crippen LogP contribution in [-0.2, 0) is 16.1 Å². The van der Waals surface area contributed by atoms with Crippen LogP contribution < -0.4 is 10.6 Å². The van der Waals surface area contributed by atoms with Gasteiger partial charge >= 0.3 is 5.97 Å². The molecule has 20 heavy (non-hydrogen) atoms. The molecule has 4 heteroatoms. The highest BCUT2D eigenvalue weighted by Gasteiger charge is 2.19. The van der Waals surface area contributed by atoms with Gasteiger partial charge in [-0.25, -0.2) is 0 Å². The molecule has 0 aliphatic rings. The van der Waals surface area contributed by atoms with Crippen molar-refractivity contribution >= 4 is 11.7 Å². The second-order valence-electron chi connectivity index (χ2n) is 5.88. The molecular weight excluding hydrogens is 252 g/mol. The predicted octanol–water partition coefficient (Wildman–Crippen LogP) is 2.70. The van der Waals surface area contributed by atoms with Gasteiger partial charge in [0, 0.05) is 18.8 Å². The van der Waals surface area contributed by atoms with Gasteiger partial charge < -0.3 is 15.4 Å². The lowest BCUT2D eigenvalue weighted by molar-refractivity contribution is -0.153. The van der Waals surface area contributed by atoms with Gasteiger partial charge in [0.25, 0.3) is 0 Å². The molecule has 2 N–H and O–H groups in total. The van der Waals surface area contributed by atoms with Gasteiger partial charge in [-0.15, -0.1) is 0 Å². The van der Waals surface area contributed by atoms with E-state index in [0.717, 1.165) is 24.2 Å². The van der Waals surface area contributed by atoms with Crippen molar-refractivity contribution in [3.05, 3.63) is 29.8 Å². The molecule has 1 rings (SSSR count). The first-order valence-electron chi connectivity index (χ1n) is 7.11. The topological polar surface area (TPSA) is 55.6 Å². The maximum Gasteiger partial charge on any atom is 0.326 e. The normalized spacial score (nSPS) is 11.2. The average Bonchev–Trinajstić information content (AvgIpc) is 2.36. The van der Waals surface area contributed by atoms with Crippen molar-refractivity contribution in [2.24, 2.45) is 5.73 Å². The number of nitrogens with two attached hydrogens (primary N) is 1.